The molecule has 18 rings (SSSR count). The lowest BCUT2D eigenvalue weighted by atomic mass is 9.88. The molecule has 5 aromatic heterocycles. The molecule has 0 bridgehead atoms. The van der Waals surface area contributed by atoms with E-state index in [-0.39, 0.29) is 12.3 Å². The molecule has 10 heterocycles. The van der Waals surface area contributed by atoms with Crippen molar-refractivity contribution in [2.45, 2.75) is 254 Å². The molecule has 712 valence electrons. The molecule has 8 aromatic carbocycles. The summed E-state index contributed by atoms with van der Waals surface area (Å²) < 4.78 is 12.3. The van der Waals surface area contributed by atoms with Gasteiger partial charge in [-0.15, -0.1) is 0 Å². The molecule has 5 atom stereocenters. The zero-order valence-electron chi connectivity index (χ0n) is 87.9. The highest BCUT2D eigenvalue weighted by atomic mass is 15.4. The molecule has 136 heavy (non-hydrogen) atoms. The number of benzene rings is 8. The topological polar surface area (TPSA) is 57.1 Å². The van der Waals surface area contributed by atoms with Gasteiger partial charge < -0.3 is 49.0 Å². The Morgan fingerprint density at radius 1 is 0.206 bits per heavy atom. The maximum atomic E-state index is 2.51. The van der Waals surface area contributed by atoms with E-state index in [0.717, 1.165) is 0 Å². The first-order chi connectivity index (χ1) is 64.7. The van der Waals surface area contributed by atoms with E-state index >= 15 is 0 Å². The fourth-order valence-corrected chi connectivity index (χ4v) is 20.9. The zero-order chi connectivity index (χ0) is 98.2. The first kappa shape index (κ1) is 98.8. The fourth-order valence-electron chi connectivity index (χ4n) is 20.9. The summed E-state index contributed by atoms with van der Waals surface area (Å²) in [4.78, 5) is 23.1. The Morgan fingerprint density at radius 3 is 0.757 bits per heavy atom. The Kier molecular flexibility index (Phi) is 29.9. The van der Waals surface area contributed by atoms with Crippen LogP contribution in [0.3, 0.4) is 0 Å². The van der Waals surface area contributed by atoms with Crippen LogP contribution in [0, 0.1) is 90.0 Å². The molecule has 0 fully saturated rings. The van der Waals surface area contributed by atoms with Crippen molar-refractivity contribution < 1.29 is 0 Å². The van der Waals surface area contributed by atoms with E-state index in [1.807, 2.05) is 0 Å². The Balaban J connectivity index is 0.000000137. The second-order valence-corrected chi connectivity index (χ2v) is 40.3. The Morgan fingerprint density at radius 2 is 0.456 bits per heavy atom. The minimum atomic E-state index is 0.255. The van der Waals surface area contributed by atoms with Gasteiger partial charge >= 0.3 is 0 Å². The number of nitrogens with zero attached hydrogens (tertiary/aromatic N) is 15. The van der Waals surface area contributed by atoms with Crippen LogP contribution in [-0.2, 0) is 0 Å². The summed E-state index contributed by atoms with van der Waals surface area (Å²) >= 11 is 0. The fraction of sp³-hybridized carbons (Fsp3) is 0.355. The van der Waals surface area contributed by atoms with Gasteiger partial charge in [0.15, 0.2) is 0 Å². The molecule has 0 unspecified atom stereocenters. The van der Waals surface area contributed by atoms with Crippen molar-refractivity contribution in [3.05, 3.63) is 369 Å². The van der Waals surface area contributed by atoms with Crippen LogP contribution in [0.5, 0.6) is 0 Å². The van der Waals surface area contributed by atoms with Gasteiger partial charge in [0.25, 0.3) is 0 Å². The summed E-state index contributed by atoms with van der Waals surface area (Å²) in [5.41, 5.74) is 37.9. The lowest BCUT2D eigenvalue weighted by Crippen LogP contribution is -2.35. The molecular weight excluding hydrogens is 1660 g/mol. The van der Waals surface area contributed by atoms with Crippen molar-refractivity contribution >= 4 is 29.1 Å². The highest BCUT2D eigenvalue weighted by molar-refractivity contribution is 5.88. The van der Waals surface area contributed by atoms with Crippen LogP contribution in [-0.4, -0.2) is 113 Å². The van der Waals surface area contributed by atoms with E-state index < -0.39 is 0 Å². The molecule has 0 saturated carbocycles. The molecular formula is C121H153N15. The van der Waals surface area contributed by atoms with Crippen LogP contribution < -0.4 is 24.5 Å². The lowest BCUT2D eigenvalue weighted by Gasteiger charge is -2.31. The van der Waals surface area contributed by atoms with E-state index in [0.29, 0.717) is 48.1 Å². The average Bonchev–Trinajstić information content (AvgIpc) is 1.59. The van der Waals surface area contributed by atoms with Crippen LogP contribution in [0.1, 0.15) is 234 Å². The number of aryl methyl sites for hydroxylation is 13. The zero-order valence-corrected chi connectivity index (χ0v) is 87.9. The molecule has 0 radical (unpaired) electrons. The maximum absolute atomic E-state index is 2.51. The van der Waals surface area contributed by atoms with Gasteiger partial charge in [0.2, 0.25) is 0 Å². The van der Waals surface area contributed by atoms with Crippen molar-refractivity contribution in [3.63, 3.8) is 0 Å². The van der Waals surface area contributed by atoms with Crippen LogP contribution in [0.15, 0.2) is 268 Å². The van der Waals surface area contributed by atoms with Gasteiger partial charge in [-0.2, -0.15) is 0 Å². The second kappa shape index (κ2) is 41.2. The van der Waals surface area contributed by atoms with Gasteiger partial charge in [0, 0.05) is 137 Å². The summed E-state index contributed by atoms with van der Waals surface area (Å²) in [6, 6.07) is 75.3. The van der Waals surface area contributed by atoms with Crippen molar-refractivity contribution in [2.24, 2.45) is 0 Å². The Labute approximate surface area is 816 Å². The van der Waals surface area contributed by atoms with Crippen molar-refractivity contribution in [2.75, 3.05) is 59.7 Å². The third-order valence-corrected chi connectivity index (χ3v) is 28.6. The minimum Gasteiger partial charge on any atom is -0.359 e. The summed E-state index contributed by atoms with van der Waals surface area (Å²) in [5.74, 6) is 8.59. The molecule has 13 aromatic rings. The second-order valence-electron chi connectivity index (χ2n) is 40.3. The molecule has 0 spiro atoms. The summed E-state index contributed by atoms with van der Waals surface area (Å²) in [6.07, 6.45) is 23.3. The predicted octanol–water partition coefficient (Wildman–Crippen LogP) is 29.9. The third kappa shape index (κ3) is 19.4. The first-order valence-electron chi connectivity index (χ1n) is 49.4. The summed E-state index contributed by atoms with van der Waals surface area (Å²) in [5, 5.41) is 0. The number of hydrogen-bond acceptors (Lipinski definition) is 10. The van der Waals surface area contributed by atoms with Crippen molar-refractivity contribution in [1.29, 1.82) is 0 Å². The maximum Gasteiger partial charge on any atom is 0.122 e. The molecule has 5 aliphatic heterocycles. The number of aromatic nitrogens is 5. The van der Waals surface area contributed by atoms with Crippen molar-refractivity contribution in [3.8, 4) is 61.8 Å². The van der Waals surface area contributed by atoms with E-state index in [4.69, 9.17) is 0 Å². The molecule has 15 heteroatoms. The van der Waals surface area contributed by atoms with E-state index in [9.17, 15) is 0 Å². The van der Waals surface area contributed by atoms with Gasteiger partial charge in [0.1, 0.15) is 59.9 Å². The van der Waals surface area contributed by atoms with Crippen molar-refractivity contribution in [1.82, 2.24) is 47.3 Å². The number of rotatable bonds is 18. The van der Waals surface area contributed by atoms with Gasteiger partial charge in [0.05, 0.1) is 28.4 Å². The molecule has 0 saturated heterocycles. The first-order valence-corrected chi connectivity index (χ1v) is 49.4. The van der Waals surface area contributed by atoms with Gasteiger partial charge in [-0.3, -0.25) is 22.8 Å². The minimum absolute atomic E-state index is 0.255. The highest BCUT2D eigenvalue weighted by Crippen LogP contribution is 2.47. The predicted molar refractivity (Wildman–Crippen MR) is 581 cm³/mol. The van der Waals surface area contributed by atoms with Crippen LogP contribution >= 0.6 is 0 Å². The van der Waals surface area contributed by atoms with Gasteiger partial charge in [-0.05, 0) is 292 Å². The van der Waals surface area contributed by atoms with E-state index in [1.54, 1.807) is 0 Å². The lowest BCUT2D eigenvalue weighted by molar-refractivity contribution is 0.381. The van der Waals surface area contributed by atoms with Crippen LogP contribution in [0.2, 0.25) is 0 Å². The monoisotopic (exact) mass is 1820 g/mol. The molecule has 0 N–H and O–H groups in total. The highest BCUT2D eigenvalue weighted by Gasteiger charge is 2.35. The Hall–Kier alpha value is -13.1. The SMILES string of the molecule is Cc1cc(C)c(-n2c(C)cc(C)c2N2C=CN(C)[C@@H]2C)c(C)c1.Cc1cc(C)n(-c2c(-c3ccccc3)cccc2-c2ccccc2)c1N1C=CN(C)[C@@H]1C.Cc1cc(C)n(-c2c(C(C)C)cc(-c3ccccc3)cc2C(C)C)c1N1C=CN(C)[C@@H]1C.Cc1cc(C)n(-c2c(C(C)C)cccc2C(C)C)c1N1C=CN(C)[C@@H]1C.Cc1cc(C)n(-c2ccccc2C(C)C)c1N1C=CN(C)[C@@H]1C. The van der Waals surface area contributed by atoms with E-state index in [2.05, 4.69) is 569 Å². The molecule has 0 amide bonds. The average molecular weight is 1820 g/mol. The van der Waals surface area contributed by atoms with Crippen LogP contribution in [0.25, 0.3) is 61.8 Å². The number of anilines is 5. The normalized spacial score (nSPS) is 16.7. The number of hydrogen-bond donors (Lipinski definition) is 0. The summed E-state index contributed by atoms with van der Waals surface area (Å²) in [7, 11) is 10.7. The van der Waals surface area contributed by atoms with Gasteiger partial charge in [-0.1, -0.05) is 233 Å². The molecule has 15 nitrogen and oxygen atoms in total. The standard InChI is InChI=1S/C29H29N3.C29H37N3.C23H33N3.2C20H27N3/c1-21-20-22(2)32(29(21)31-19-18-30(4)23(31)3)28-26(24-12-7-5-8-13-24)16-11-17-27(28)25-14-9-6-10-15-25;1-19(2)26-17-25(24-12-10-9-11-13-24)18-27(20(3)4)28(26)32-22(6)16-21(5)29(32)31-15-14-30(8)23(31)7;1-15(2)20-10-9-11-21(16(3)4)22(20)26-18(6)14-17(5)23(26)25-13-12-24(8)19(25)7;1-13-10-14(2)19(15(3)11-13)23-17(5)12-16(4)20(23)22-9-8-21(7)18(22)6;1-14(2)18-9-7-8-10-19(18)23-16(4)13-15(3)20(23)22-12-11-21(6)17(22)5/h5-20,23H,1-4H3;9-20,23H,1-8H3;9-16,19H,1-8H3;8-12,18H,1-7H3;7-14,17H,1-6H3/t2*23-;19-;18-;17-/m00000/s1. The summed E-state index contributed by atoms with van der Waals surface area (Å²) in [6.45, 7) is 62.9. The van der Waals surface area contributed by atoms with Crippen LogP contribution in [0.4, 0.5) is 29.1 Å². The third-order valence-electron chi connectivity index (χ3n) is 28.6. The van der Waals surface area contributed by atoms with Gasteiger partial charge in [-0.25, -0.2) is 0 Å². The molecule has 5 aliphatic rings. The quantitative estimate of drug-likeness (QED) is 0.0830. The Bertz CT molecular complexity index is 6420. The van der Waals surface area contributed by atoms with E-state index in [1.165, 1.54) is 192 Å². The molecule has 0 aliphatic carbocycles. The smallest absolute Gasteiger partial charge is 0.122 e. The largest absolute Gasteiger partial charge is 0.359 e. The number of para-hydroxylation sites is 3.